The smallest absolute Gasteiger partial charge is 0.228 e. The van der Waals surface area contributed by atoms with Gasteiger partial charge in [0.25, 0.3) is 0 Å². The third-order valence-electron chi connectivity index (χ3n) is 6.58. The van der Waals surface area contributed by atoms with Crippen LogP contribution in [0.25, 0.3) is 0 Å². The van der Waals surface area contributed by atoms with E-state index in [0.717, 1.165) is 19.3 Å². The van der Waals surface area contributed by atoms with E-state index in [1.165, 1.54) is 5.56 Å². The number of carbonyl (C=O) groups excluding carboxylic acids is 2. The Bertz CT molecular complexity index is 681. The van der Waals surface area contributed by atoms with Gasteiger partial charge in [-0.15, -0.1) is 0 Å². The Morgan fingerprint density at radius 2 is 1.64 bits per heavy atom. The lowest BCUT2D eigenvalue weighted by Crippen LogP contribution is -2.49. The Hall–Kier alpha value is -1.92. The predicted octanol–water partition coefficient (Wildman–Crippen LogP) is 1.73. The number of amides is 2. The predicted molar refractivity (Wildman–Crippen MR) is 105 cm³/mol. The van der Waals surface area contributed by atoms with Gasteiger partial charge in [-0.1, -0.05) is 30.3 Å². The molecule has 0 aromatic heterocycles. The highest BCUT2D eigenvalue weighted by Crippen LogP contribution is 2.45. The molecule has 0 radical (unpaired) electrons. The molecule has 3 fully saturated rings. The van der Waals surface area contributed by atoms with Gasteiger partial charge in [-0.3, -0.25) is 9.59 Å². The van der Waals surface area contributed by atoms with Crippen LogP contribution in [0.1, 0.15) is 24.8 Å². The molecule has 1 aromatic rings. The molecule has 2 amide bonds. The molecule has 3 saturated heterocycles. The van der Waals surface area contributed by atoms with Gasteiger partial charge >= 0.3 is 0 Å². The molecular formula is C22H30N2O4. The average Bonchev–Trinajstić information content (AvgIpc) is 3.12. The first-order valence-corrected chi connectivity index (χ1v) is 10.4. The van der Waals surface area contributed by atoms with Gasteiger partial charge in [0, 0.05) is 51.2 Å². The van der Waals surface area contributed by atoms with Crippen molar-refractivity contribution in [1.82, 2.24) is 9.80 Å². The molecule has 4 rings (SSSR count). The first-order chi connectivity index (χ1) is 13.7. The molecule has 0 saturated carbocycles. The Balaban J connectivity index is 1.44. The number of morpholine rings is 1. The van der Waals surface area contributed by atoms with Gasteiger partial charge in [0.2, 0.25) is 11.8 Å². The number of nitrogens with zero attached hydrogens (tertiary/aromatic N) is 2. The fraction of sp³-hybridized carbons (Fsp3) is 0.636. The number of likely N-dealkylation sites (tertiary alicyclic amines) is 1. The first kappa shape index (κ1) is 19.4. The monoisotopic (exact) mass is 386 g/mol. The number of hydrogen-bond acceptors (Lipinski definition) is 4. The van der Waals surface area contributed by atoms with E-state index in [1.54, 1.807) is 0 Å². The number of carbonyl (C=O) groups is 2. The molecule has 1 spiro atoms. The quantitative estimate of drug-likeness (QED) is 0.791. The van der Waals surface area contributed by atoms with Crippen molar-refractivity contribution in [2.45, 2.75) is 25.7 Å². The number of aryl methyl sites for hydroxylation is 1. The molecule has 1 aromatic carbocycles. The van der Waals surface area contributed by atoms with Crippen molar-refractivity contribution in [3.8, 4) is 0 Å². The lowest BCUT2D eigenvalue weighted by molar-refractivity contribution is -0.144. The molecule has 3 aliphatic rings. The van der Waals surface area contributed by atoms with Gasteiger partial charge in [-0.05, 0) is 24.8 Å². The van der Waals surface area contributed by atoms with Crippen LogP contribution in [0.4, 0.5) is 0 Å². The van der Waals surface area contributed by atoms with Crippen LogP contribution in [-0.4, -0.2) is 74.2 Å². The highest BCUT2D eigenvalue weighted by Gasteiger charge is 2.52. The van der Waals surface area contributed by atoms with Gasteiger partial charge in [0.1, 0.15) is 0 Å². The van der Waals surface area contributed by atoms with Gasteiger partial charge < -0.3 is 19.3 Å². The summed E-state index contributed by atoms with van der Waals surface area (Å²) in [5.74, 6) is 0.241. The third-order valence-corrected chi connectivity index (χ3v) is 6.58. The van der Waals surface area contributed by atoms with Gasteiger partial charge in [-0.2, -0.15) is 0 Å². The highest BCUT2D eigenvalue weighted by atomic mass is 16.5. The van der Waals surface area contributed by atoms with E-state index >= 15 is 0 Å². The topological polar surface area (TPSA) is 59.1 Å². The van der Waals surface area contributed by atoms with E-state index in [2.05, 4.69) is 12.1 Å². The molecule has 0 unspecified atom stereocenters. The van der Waals surface area contributed by atoms with E-state index in [9.17, 15) is 9.59 Å². The maximum atomic E-state index is 13.3. The zero-order chi connectivity index (χ0) is 19.4. The minimum atomic E-state index is -0.129. The summed E-state index contributed by atoms with van der Waals surface area (Å²) < 4.78 is 11.0. The van der Waals surface area contributed by atoms with Crippen LogP contribution < -0.4 is 0 Å². The first-order valence-electron chi connectivity index (χ1n) is 10.4. The van der Waals surface area contributed by atoms with Crippen molar-refractivity contribution < 1.29 is 19.1 Å². The number of rotatable bonds is 4. The average molecular weight is 386 g/mol. The SMILES string of the molecule is O=C(CCc1ccccc1)N1C[C@H](C(=O)N2CCOCC2)C2(CCOCC2)C1. The molecule has 0 aliphatic carbocycles. The second-order valence-electron chi connectivity index (χ2n) is 8.22. The van der Waals surface area contributed by atoms with Crippen molar-refractivity contribution in [1.29, 1.82) is 0 Å². The summed E-state index contributed by atoms with van der Waals surface area (Å²) in [6.07, 6.45) is 2.95. The van der Waals surface area contributed by atoms with Crippen molar-refractivity contribution in [3.05, 3.63) is 35.9 Å². The molecule has 3 heterocycles. The lowest BCUT2D eigenvalue weighted by Gasteiger charge is -2.39. The molecule has 0 bridgehead atoms. The van der Waals surface area contributed by atoms with Gasteiger partial charge in [0.05, 0.1) is 19.1 Å². The van der Waals surface area contributed by atoms with E-state index in [1.807, 2.05) is 28.0 Å². The summed E-state index contributed by atoms with van der Waals surface area (Å²) in [4.78, 5) is 30.1. The minimum absolute atomic E-state index is 0.116. The van der Waals surface area contributed by atoms with Crippen LogP contribution >= 0.6 is 0 Å². The van der Waals surface area contributed by atoms with Crippen molar-refractivity contribution >= 4 is 11.8 Å². The fourth-order valence-electron chi connectivity index (χ4n) is 4.84. The summed E-state index contributed by atoms with van der Waals surface area (Å²) in [5.41, 5.74) is 1.05. The van der Waals surface area contributed by atoms with Crippen LogP contribution in [-0.2, 0) is 25.5 Å². The standard InChI is InChI=1S/C22H30N2O4/c25-20(7-6-18-4-2-1-3-5-18)24-16-19(21(26)23-10-14-28-15-11-23)22(17-24)8-12-27-13-9-22/h1-5,19H,6-17H2/t19-/m1/s1. The molecular weight excluding hydrogens is 356 g/mol. The van der Waals surface area contributed by atoms with Crippen LogP contribution in [0.2, 0.25) is 0 Å². The zero-order valence-corrected chi connectivity index (χ0v) is 16.5. The largest absolute Gasteiger partial charge is 0.381 e. The molecule has 0 N–H and O–H groups in total. The second kappa shape index (κ2) is 8.62. The second-order valence-corrected chi connectivity index (χ2v) is 8.22. The maximum absolute atomic E-state index is 13.3. The highest BCUT2D eigenvalue weighted by molar-refractivity contribution is 5.83. The van der Waals surface area contributed by atoms with E-state index in [-0.39, 0.29) is 23.1 Å². The van der Waals surface area contributed by atoms with Gasteiger partial charge in [0.15, 0.2) is 0 Å². The Morgan fingerprint density at radius 3 is 2.36 bits per heavy atom. The van der Waals surface area contributed by atoms with Crippen LogP contribution in [0.5, 0.6) is 0 Å². The van der Waals surface area contributed by atoms with Crippen molar-refractivity contribution in [2.24, 2.45) is 11.3 Å². The van der Waals surface area contributed by atoms with E-state index < -0.39 is 0 Å². The van der Waals surface area contributed by atoms with Crippen LogP contribution in [0.3, 0.4) is 0 Å². The normalized spacial score (nSPS) is 24.5. The van der Waals surface area contributed by atoms with Crippen molar-refractivity contribution in [2.75, 3.05) is 52.6 Å². The number of hydrogen-bond donors (Lipinski definition) is 0. The Morgan fingerprint density at radius 1 is 0.964 bits per heavy atom. The van der Waals surface area contributed by atoms with Crippen LogP contribution in [0, 0.1) is 11.3 Å². The molecule has 28 heavy (non-hydrogen) atoms. The fourth-order valence-corrected chi connectivity index (χ4v) is 4.84. The van der Waals surface area contributed by atoms with Crippen molar-refractivity contribution in [3.63, 3.8) is 0 Å². The summed E-state index contributed by atoms with van der Waals surface area (Å²) in [5, 5.41) is 0. The maximum Gasteiger partial charge on any atom is 0.228 e. The number of ether oxygens (including phenoxy) is 2. The molecule has 1 atom stereocenters. The summed E-state index contributed by atoms with van der Waals surface area (Å²) >= 11 is 0. The lowest BCUT2D eigenvalue weighted by atomic mass is 9.71. The Labute approximate surface area is 166 Å². The molecule has 152 valence electrons. The van der Waals surface area contributed by atoms with E-state index in [4.69, 9.17) is 9.47 Å². The number of benzene rings is 1. The Kier molecular flexibility index (Phi) is 5.97. The molecule has 6 nitrogen and oxygen atoms in total. The third kappa shape index (κ3) is 4.08. The minimum Gasteiger partial charge on any atom is -0.381 e. The summed E-state index contributed by atoms with van der Waals surface area (Å²) in [7, 11) is 0. The van der Waals surface area contributed by atoms with E-state index in [0.29, 0.717) is 59.0 Å². The summed E-state index contributed by atoms with van der Waals surface area (Å²) in [6, 6.07) is 10.1. The molecule has 3 aliphatic heterocycles. The van der Waals surface area contributed by atoms with Gasteiger partial charge in [-0.25, -0.2) is 0 Å². The zero-order valence-electron chi connectivity index (χ0n) is 16.5. The van der Waals surface area contributed by atoms with Crippen LogP contribution in [0.15, 0.2) is 30.3 Å². The molecule has 6 heteroatoms. The summed E-state index contributed by atoms with van der Waals surface area (Å²) in [6.45, 7) is 5.11.